The zero-order valence-electron chi connectivity index (χ0n) is 15.9. The standard InChI is InChI=1S/C20H21BrN4O2S2/c1-29-20-23-18(27-12-13-7-3-2-4-8-13)16(19(28)24-20)17-14(21)11-22-25(17)15-9-5-6-10-26-15/h2-4,7-8,11,15H,5-6,9-10,12H2,1H3,(H,23,24,28). The summed E-state index contributed by atoms with van der Waals surface area (Å²) in [7, 11) is 0. The molecule has 0 aliphatic carbocycles. The lowest BCUT2D eigenvalue weighted by Crippen LogP contribution is -2.20. The largest absolute Gasteiger partial charge is 0.473 e. The number of nitrogens with one attached hydrogen (secondary N) is 1. The number of rotatable bonds is 6. The van der Waals surface area contributed by atoms with Gasteiger partial charge in [0.2, 0.25) is 5.88 Å². The summed E-state index contributed by atoms with van der Waals surface area (Å²) in [6.45, 7) is 1.15. The molecule has 0 radical (unpaired) electrons. The van der Waals surface area contributed by atoms with Crippen molar-refractivity contribution in [1.82, 2.24) is 19.7 Å². The highest BCUT2D eigenvalue weighted by Crippen LogP contribution is 2.38. The monoisotopic (exact) mass is 492 g/mol. The lowest BCUT2D eigenvalue weighted by molar-refractivity contribution is -0.0384. The van der Waals surface area contributed by atoms with E-state index in [0.717, 1.165) is 41.6 Å². The van der Waals surface area contributed by atoms with Crippen LogP contribution in [-0.4, -0.2) is 32.6 Å². The first kappa shape index (κ1) is 20.6. The maximum absolute atomic E-state index is 6.19. The summed E-state index contributed by atoms with van der Waals surface area (Å²) in [4.78, 5) is 7.81. The minimum Gasteiger partial charge on any atom is -0.473 e. The highest BCUT2D eigenvalue weighted by atomic mass is 79.9. The fourth-order valence-corrected chi connectivity index (χ4v) is 4.47. The Labute approximate surface area is 187 Å². The minimum atomic E-state index is -0.123. The molecule has 0 spiro atoms. The van der Waals surface area contributed by atoms with Gasteiger partial charge >= 0.3 is 0 Å². The number of nitrogens with zero attached hydrogens (tertiary/aromatic N) is 3. The molecule has 4 rings (SSSR count). The summed E-state index contributed by atoms with van der Waals surface area (Å²) >= 11 is 10.8. The van der Waals surface area contributed by atoms with E-state index in [2.05, 4.69) is 31.0 Å². The van der Waals surface area contributed by atoms with Gasteiger partial charge in [-0.05, 0) is 47.0 Å². The highest BCUT2D eigenvalue weighted by molar-refractivity contribution is 9.10. The van der Waals surface area contributed by atoms with Gasteiger partial charge in [-0.2, -0.15) is 5.10 Å². The molecule has 1 atom stereocenters. The number of benzene rings is 1. The van der Waals surface area contributed by atoms with E-state index in [0.29, 0.717) is 27.8 Å². The van der Waals surface area contributed by atoms with E-state index in [1.165, 1.54) is 11.8 Å². The van der Waals surface area contributed by atoms with Crippen molar-refractivity contribution in [2.75, 3.05) is 12.9 Å². The summed E-state index contributed by atoms with van der Waals surface area (Å²) in [6, 6.07) is 10.0. The molecule has 29 heavy (non-hydrogen) atoms. The van der Waals surface area contributed by atoms with Crippen molar-refractivity contribution < 1.29 is 9.47 Å². The number of halogens is 1. The molecule has 6 nitrogen and oxygen atoms in total. The molecule has 1 N–H and O–H groups in total. The second-order valence-corrected chi connectivity index (χ2v) is 8.67. The van der Waals surface area contributed by atoms with Crippen LogP contribution in [0.4, 0.5) is 0 Å². The Kier molecular flexibility index (Phi) is 6.69. The summed E-state index contributed by atoms with van der Waals surface area (Å²) in [5, 5.41) is 5.26. The van der Waals surface area contributed by atoms with Gasteiger partial charge in [0.15, 0.2) is 11.4 Å². The molecule has 1 fully saturated rings. The third-order valence-corrected chi connectivity index (χ3v) is 6.16. The fraction of sp³-hybridized carbons (Fsp3) is 0.350. The molecule has 1 aliphatic heterocycles. The van der Waals surface area contributed by atoms with Crippen molar-refractivity contribution in [3.63, 3.8) is 0 Å². The maximum atomic E-state index is 6.19. The average molecular weight is 493 g/mol. The third kappa shape index (κ3) is 4.58. The van der Waals surface area contributed by atoms with E-state index < -0.39 is 0 Å². The van der Waals surface area contributed by atoms with Gasteiger partial charge in [-0.15, -0.1) is 0 Å². The third-order valence-electron chi connectivity index (χ3n) is 4.70. The van der Waals surface area contributed by atoms with Crippen LogP contribution in [0.25, 0.3) is 11.3 Å². The number of hydrogen-bond acceptors (Lipinski definition) is 6. The van der Waals surface area contributed by atoms with Crippen molar-refractivity contribution in [1.29, 1.82) is 0 Å². The molecule has 1 aromatic carbocycles. The van der Waals surface area contributed by atoms with Gasteiger partial charge < -0.3 is 14.5 Å². The molecule has 1 unspecified atom stereocenters. The minimum absolute atomic E-state index is 0.123. The number of H-pyrrole nitrogens is 1. The Hall–Kier alpha value is -1.68. The van der Waals surface area contributed by atoms with Crippen LogP contribution < -0.4 is 4.74 Å². The van der Waals surface area contributed by atoms with E-state index >= 15 is 0 Å². The summed E-state index contributed by atoms with van der Waals surface area (Å²) < 4.78 is 15.3. The number of aromatic amines is 1. The summed E-state index contributed by atoms with van der Waals surface area (Å²) in [6.07, 6.45) is 6.69. The Balaban J connectivity index is 1.77. The van der Waals surface area contributed by atoms with Gasteiger partial charge in [-0.1, -0.05) is 54.3 Å². The Bertz CT molecular complexity index is 1030. The predicted molar refractivity (Wildman–Crippen MR) is 120 cm³/mol. The van der Waals surface area contributed by atoms with Crippen LogP contribution in [0.1, 0.15) is 31.1 Å². The average Bonchev–Trinajstić information content (AvgIpc) is 3.14. The lowest BCUT2D eigenvalue weighted by Gasteiger charge is -2.25. The van der Waals surface area contributed by atoms with Crippen molar-refractivity contribution in [3.05, 3.63) is 51.2 Å². The Morgan fingerprint density at radius 3 is 2.90 bits per heavy atom. The smallest absolute Gasteiger partial charge is 0.205 e. The van der Waals surface area contributed by atoms with Crippen LogP contribution >= 0.6 is 39.9 Å². The van der Waals surface area contributed by atoms with Gasteiger partial charge in [-0.25, -0.2) is 9.67 Å². The molecule has 152 valence electrons. The van der Waals surface area contributed by atoms with Gasteiger partial charge in [-0.3, -0.25) is 0 Å². The van der Waals surface area contributed by atoms with Crippen molar-refractivity contribution in [3.8, 4) is 17.1 Å². The van der Waals surface area contributed by atoms with Crippen molar-refractivity contribution in [2.45, 2.75) is 37.3 Å². The Morgan fingerprint density at radius 1 is 1.34 bits per heavy atom. The fourth-order valence-electron chi connectivity index (χ4n) is 3.29. The molecule has 3 heterocycles. The molecule has 9 heteroatoms. The number of ether oxygens (including phenoxy) is 2. The molecule has 0 bridgehead atoms. The number of thioether (sulfide) groups is 1. The first-order chi connectivity index (χ1) is 14.2. The van der Waals surface area contributed by atoms with Crippen molar-refractivity contribution in [2.24, 2.45) is 0 Å². The predicted octanol–water partition coefficient (Wildman–Crippen LogP) is 5.77. The topological polar surface area (TPSA) is 65.0 Å². The Morgan fingerprint density at radius 2 is 2.17 bits per heavy atom. The first-order valence-electron chi connectivity index (χ1n) is 9.37. The molecule has 0 saturated carbocycles. The number of aromatic nitrogens is 4. The summed E-state index contributed by atoms with van der Waals surface area (Å²) in [5.41, 5.74) is 2.61. The van der Waals surface area contributed by atoms with Gasteiger partial charge in [0.25, 0.3) is 0 Å². The van der Waals surface area contributed by atoms with Gasteiger partial charge in [0.05, 0.1) is 21.9 Å². The second-order valence-electron chi connectivity index (χ2n) is 6.64. The van der Waals surface area contributed by atoms with Gasteiger partial charge in [0.1, 0.15) is 11.2 Å². The van der Waals surface area contributed by atoms with E-state index in [9.17, 15) is 0 Å². The van der Waals surface area contributed by atoms with E-state index in [1.807, 2.05) is 41.3 Å². The van der Waals surface area contributed by atoms with Crippen LogP contribution in [0.3, 0.4) is 0 Å². The number of hydrogen-bond donors (Lipinski definition) is 1. The molecule has 3 aromatic rings. The van der Waals surface area contributed by atoms with Crippen LogP contribution in [0.2, 0.25) is 0 Å². The molecule has 1 saturated heterocycles. The molecule has 0 amide bonds. The van der Waals surface area contributed by atoms with Crippen molar-refractivity contribution >= 4 is 39.9 Å². The molecular weight excluding hydrogens is 472 g/mol. The lowest BCUT2D eigenvalue weighted by atomic mass is 10.1. The molecule has 1 aliphatic rings. The van der Waals surface area contributed by atoms with Crippen LogP contribution in [0, 0.1) is 4.64 Å². The van der Waals surface area contributed by atoms with Crippen LogP contribution in [0.15, 0.2) is 46.2 Å². The zero-order chi connectivity index (χ0) is 20.2. The normalized spacial score (nSPS) is 16.7. The summed E-state index contributed by atoms with van der Waals surface area (Å²) in [5.74, 6) is 0.580. The van der Waals surface area contributed by atoms with Crippen LogP contribution in [-0.2, 0) is 11.3 Å². The highest BCUT2D eigenvalue weighted by Gasteiger charge is 2.26. The van der Waals surface area contributed by atoms with E-state index in [1.54, 1.807) is 6.20 Å². The second kappa shape index (κ2) is 9.42. The zero-order valence-corrected chi connectivity index (χ0v) is 19.1. The molecular formula is C20H21BrN4O2S2. The first-order valence-corrected chi connectivity index (χ1v) is 11.8. The maximum Gasteiger partial charge on any atom is 0.205 e. The van der Waals surface area contributed by atoms with E-state index in [4.69, 9.17) is 21.7 Å². The molecule has 2 aromatic heterocycles. The van der Waals surface area contributed by atoms with Crippen LogP contribution in [0.5, 0.6) is 5.88 Å². The SMILES string of the molecule is CSc1nc(=S)c(-c2c(Br)cnn2C2CCCCO2)c(OCc2ccccc2)[nH]1. The quantitative estimate of drug-likeness (QED) is 0.267. The van der Waals surface area contributed by atoms with Gasteiger partial charge in [0, 0.05) is 6.61 Å². The van der Waals surface area contributed by atoms with E-state index in [-0.39, 0.29) is 6.23 Å².